The number of ether oxygens (including phenoxy) is 1. The number of aryl methyl sites for hydroxylation is 3. The zero-order valence-corrected chi connectivity index (χ0v) is 13.8. The molecule has 2 amide bonds. The van der Waals surface area contributed by atoms with Crippen LogP contribution in [0.3, 0.4) is 0 Å². The Bertz CT molecular complexity index is 734. The van der Waals surface area contributed by atoms with Crippen LogP contribution in [0, 0.1) is 26.6 Å². The number of hydrazine groups is 1. The molecular weight excluding hydrogens is 311 g/mol. The normalized spacial score (nSPS) is 10.2. The molecule has 0 fully saturated rings. The van der Waals surface area contributed by atoms with Crippen molar-refractivity contribution in [3.05, 3.63) is 64.5 Å². The average Bonchev–Trinajstić information content (AvgIpc) is 2.52. The Hall–Kier alpha value is -2.89. The van der Waals surface area contributed by atoms with E-state index in [1.807, 2.05) is 32.9 Å². The van der Waals surface area contributed by atoms with Crippen molar-refractivity contribution in [2.75, 3.05) is 6.61 Å². The molecule has 2 aromatic rings. The van der Waals surface area contributed by atoms with Crippen molar-refractivity contribution < 1.29 is 18.7 Å². The lowest BCUT2D eigenvalue weighted by Gasteiger charge is -2.13. The average molecular weight is 330 g/mol. The van der Waals surface area contributed by atoms with Crippen molar-refractivity contribution in [1.29, 1.82) is 0 Å². The monoisotopic (exact) mass is 330 g/mol. The molecule has 0 heterocycles. The Balaban J connectivity index is 1.86. The van der Waals surface area contributed by atoms with Crippen LogP contribution < -0.4 is 15.6 Å². The minimum absolute atomic E-state index is 0.228. The molecule has 0 radical (unpaired) electrons. The fraction of sp³-hybridized carbons (Fsp3) is 0.222. The summed E-state index contributed by atoms with van der Waals surface area (Å²) in [4.78, 5) is 23.6. The Kier molecular flexibility index (Phi) is 5.52. The van der Waals surface area contributed by atoms with Crippen LogP contribution in [-0.4, -0.2) is 18.4 Å². The number of rotatable bonds is 4. The summed E-state index contributed by atoms with van der Waals surface area (Å²) in [6.07, 6.45) is 0. The molecule has 0 aromatic heterocycles. The van der Waals surface area contributed by atoms with Crippen molar-refractivity contribution in [2.24, 2.45) is 0 Å². The summed E-state index contributed by atoms with van der Waals surface area (Å²) in [5.41, 5.74) is 7.75. The number of benzene rings is 2. The zero-order chi connectivity index (χ0) is 17.7. The fourth-order valence-electron chi connectivity index (χ4n) is 2.37. The van der Waals surface area contributed by atoms with Gasteiger partial charge in [-0.15, -0.1) is 0 Å². The maximum atomic E-state index is 12.8. The smallest absolute Gasteiger partial charge is 0.276 e. The number of carbonyl (C=O) groups is 2. The first-order valence-electron chi connectivity index (χ1n) is 7.42. The molecule has 0 unspecified atom stereocenters. The maximum Gasteiger partial charge on any atom is 0.276 e. The standard InChI is InChI=1S/C18H19FN2O3/c1-11-8-12(2)17(13(3)9-11)24-10-16(22)20-21-18(23)14-4-6-15(19)7-5-14/h4-9H,10H2,1-3H3,(H,20,22)(H,21,23). The lowest BCUT2D eigenvalue weighted by Crippen LogP contribution is -2.43. The highest BCUT2D eigenvalue weighted by Crippen LogP contribution is 2.24. The number of halogens is 1. The third-order valence-corrected chi connectivity index (χ3v) is 3.37. The van der Waals surface area contributed by atoms with Gasteiger partial charge in [-0.2, -0.15) is 0 Å². The van der Waals surface area contributed by atoms with Gasteiger partial charge < -0.3 is 4.74 Å². The summed E-state index contributed by atoms with van der Waals surface area (Å²) >= 11 is 0. The molecule has 0 aliphatic heterocycles. The van der Waals surface area contributed by atoms with Gasteiger partial charge in [0.05, 0.1) is 0 Å². The molecule has 0 aliphatic rings. The van der Waals surface area contributed by atoms with E-state index in [9.17, 15) is 14.0 Å². The molecular formula is C18H19FN2O3. The van der Waals surface area contributed by atoms with Crippen LogP contribution in [0.1, 0.15) is 27.0 Å². The van der Waals surface area contributed by atoms with Gasteiger partial charge in [0.25, 0.3) is 11.8 Å². The minimum atomic E-state index is -0.536. The van der Waals surface area contributed by atoms with Crippen LogP contribution in [0.25, 0.3) is 0 Å². The highest BCUT2D eigenvalue weighted by atomic mass is 19.1. The molecule has 2 N–H and O–H groups in total. The van der Waals surface area contributed by atoms with Crippen LogP contribution in [0.2, 0.25) is 0 Å². The molecule has 2 rings (SSSR count). The van der Waals surface area contributed by atoms with E-state index in [0.717, 1.165) is 16.7 Å². The Morgan fingerprint density at radius 3 is 2.17 bits per heavy atom. The molecule has 24 heavy (non-hydrogen) atoms. The fourth-order valence-corrected chi connectivity index (χ4v) is 2.37. The Morgan fingerprint density at radius 2 is 1.58 bits per heavy atom. The van der Waals surface area contributed by atoms with Gasteiger partial charge in [-0.3, -0.25) is 20.4 Å². The van der Waals surface area contributed by atoms with E-state index in [1.165, 1.54) is 24.3 Å². The van der Waals surface area contributed by atoms with Crippen LogP contribution >= 0.6 is 0 Å². The zero-order valence-electron chi connectivity index (χ0n) is 13.8. The van der Waals surface area contributed by atoms with E-state index in [-0.39, 0.29) is 12.2 Å². The van der Waals surface area contributed by atoms with Gasteiger partial charge in [0.15, 0.2) is 6.61 Å². The van der Waals surface area contributed by atoms with E-state index in [1.54, 1.807) is 0 Å². The van der Waals surface area contributed by atoms with Crippen LogP contribution in [0.5, 0.6) is 5.75 Å². The topological polar surface area (TPSA) is 67.4 Å². The first kappa shape index (κ1) is 17.5. The van der Waals surface area contributed by atoms with Crippen molar-refractivity contribution in [3.8, 4) is 5.75 Å². The molecule has 0 bridgehead atoms. The van der Waals surface area contributed by atoms with Crippen molar-refractivity contribution >= 4 is 11.8 Å². The van der Waals surface area contributed by atoms with E-state index in [2.05, 4.69) is 10.9 Å². The van der Waals surface area contributed by atoms with Crippen LogP contribution in [0.4, 0.5) is 4.39 Å². The van der Waals surface area contributed by atoms with Gasteiger partial charge in [0, 0.05) is 5.56 Å². The van der Waals surface area contributed by atoms with Crippen molar-refractivity contribution in [3.63, 3.8) is 0 Å². The van der Waals surface area contributed by atoms with E-state index in [0.29, 0.717) is 5.75 Å². The van der Waals surface area contributed by atoms with Gasteiger partial charge in [-0.05, 0) is 56.2 Å². The Labute approximate surface area is 139 Å². The predicted molar refractivity (Wildman–Crippen MR) is 88.2 cm³/mol. The Morgan fingerprint density at radius 1 is 1.00 bits per heavy atom. The van der Waals surface area contributed by atoms with Crippen molar-refractivity contribution in [1.82, 2.24) is 10.9 Å². The largest absolute Gasteiger partial charge is 0.483 e. The lowest BCUT2D eigenvalue weighted by atomic mass is 10.1. The molecule has 2 aromatic carbocycles. The van der Waals surface area contributed by atoms with Crippen LogP contribution in [-0.2, 0) is 4.79 Å². The summed E-state index contributed by atoms with van der Waals surface area (Å²) in [6.45, 7) is 5.57. The van der Waals surface area contributed by atoms with Gasteiger partial charge >= 0.3 is 0 Å². The second kappa shape index (κ2) is 7.59. The third-order valence-electron chi connectivity index (χ3n) is 3.37. The van der Waals surface area contributed by atoms with Crippen molar-refractivity contribution in [2.45, 2.75) is 20.8 Å². The number of nitrogens with one attached hydrogen (secondary N) is 2. The number of amides is 2. The number of hydrogen-bond acceptors (Lipinski definition) is 3. The number of hydrogen-bond donors (Lipinski definition) is 2. The van der Waals surface area contributed by atoms with Gasteiger partial charge in [0.1, 0.15) is 11.6 Å². The minimum Gasteiger partial charge on any atom is -0.483 e. The number of carbonyl (C=O) groups excluding carboxylic acids is 2. The van der Waals surface area contributed by atoms with Gasteiger partial charge in [-0.1, -0.05) is 17.7 Å². The maximum absolute atomic E-state index is 12.8. The van der Waals surface area contributed by atoms with Gasteiger partial charge in [-0.25, -0.2) is 4.39 Å². The lowest BCUT2D eigenvalue weighted by molar-refractivity contribution is -0.123. The first-order valence-corrected chi connectivity index (χ1v) is 7.42. The van der Waals surface area contributed by atoms with Crippen LogP contribution in [0.15, 0.2) is 36.4 Å². The summed E-state index contributed by atoms with van der Waals surface area (Å²) in [7, 11) is 0. The summed E-state index contributed by atoms with van der Waals surface area (Å²) in [6, 6.07) is 8.93. The predicted octanol–water partition coefficient (Wildman–Crippen LogP) is 2.59. The first-order chi connectivity index (χ1) is 11.4. The van der Waals surface area contributed by atoms with E-state index < -0.39 is 17.6 Å². The molecule has 0 saturated carbocycles. The summed E-state index contributed by atoms with van der Waals surface area (Å²) in [5, 5.41) is 0. The molecule has 126 valence electrons. The second-order valence-electron chi connectivity index (χ2n) is 5.53. The summed E-state index contributed by atoms with van der Waals surface area (Å²) in [5.74, 6) is -0.815. The van der Waals surface area contributed by atoms with Gasteiger partial charge in [0.2, 0.25) is 0 Å². The van der Waals surface area contributed by atoms with E-state index >= 15 is 0 Å². The SMILES string of the molecule is Cc1cc(C)c(OCC(=O)NNC(=O)c2ccc(F)cc2)c(C)c1. The summed E-state index contributed by atoms with van der Waals surface area (Å²) < 4.78 is 18.3. The highest BCUT2D eigenvalue weighted by Gasteiger charge is 2.10. The molecule has 0 atom stereocenters. The molecule has 6 heteroatoms. The second-order valence-corrected chi connectivity index (χ2v) is 5.53. The molecule has 0 aliphatic carbocycles. The molecule has 0 saturated heterocycles. The highest BCUT2D eigenvalue weighted by molar-refractivity contribution is 5.95. The van der Waals surface area contributed by atoms with E-state index in [4.69, 9.17) is 4.74 Å². The quantitative estimate of drug-likeness (QED) is 0.847. The molecule has 5 nitrogen and oxygen atoms in total. The third kappa shape index (κ3) is 4.55. The molecule has 0 spiro atoms.